The second-order valence-corrected chi connectivity index (χ2v) is 1.22. The van der Waals surface area contributed by atoms with Crippen LogP contribution in [0, 0.1) is 0 Å². The van der Waals surface area contributed by atoms with E-state index in [0.717, 1.165) is 0 Å². The summed E-state index contributed by atoms with van der Waals surface area (Å²) in [6, 6.07) is 0. The minimum atomic E-state index is -1.22. The lowest BCUT2D eigenvalue weighted by Crippen LogP contribution is -2.16. The van der Waals surface area contributed by atoms with Gasteiger partial charge in [-0.2, -0.15) is 0 Å². The van der Waals surface area contributed by atoms with Gasteiger partial charge in [-0.3, -0.25) is 0 Å². The van der Waals surface area contributed by atoms with Crippen LogP contribution in [0.3, 0.4) is 0 Å². The highest BCUT2D eigenvalue weighted by Gasteiger charge is 1.91. The lowest BCUT2D eigenvalue weighted by Gasteiger charge is -1.96. The highest BCUT2D eigenvalue weighted by molar-refractivity contribution is 5.85. The van der Waals surface area contributed by atoms with E-state index in [-0.39, 0.29) is 19.0 Å². The predicted molar refractivity (Wildman–Crippen MR) is 35.2 cm³/mol. The van der Waals surface area contributed by atoms with Crippen LogP contribution in [0.25, 0.3) is 0 Å². The third-order valence-electron chi connectivity index (χ3n) is 0.578. The van der Waals surface area contributed by atoms with Gasteiger partial charge >= 0.3 is 6.16 Å². The zero-order chi connectivity index (χ0) is 6.41. The molecule has 0 aromatic carbocycles. The van der Waals surface area contributed by atoms with E-state index in [2.05, 4.69) is 10.1 Å². The molecule has 2 N–H and O–H groups in total. The monoisotopic (exact) mass is 155 g/mol. The molecule has 0 saturated carbocycles. The Morgan fingerprint density at radius 3 is 2.67 bits per heavy atom. The van der Waals surface area contributed by atoms with Crippen molar-refractivity contribution in [3.05, 3.63) is 0 Å². The molecule has 9 heavy (non-hydrogen) atoms. The quantitative estimate of drug-likeness (QED) is 0.455. The summed E-state index contributed by atoms with van der Waals surface area (Å²) in [5.41, 5.74) is 0. The van der Waals surface area contributed by atoms with Crippen molar-refractivity contribution in [3.63, 3.8) is 0 Å². The van der Waals surface area contributed by atoms with Crippen LogP contribution >= 0.6 is 12.4 Å². The third kappa shape index (κ3) is 11.2. The number of halogens is 1. The number of carboxylic acid groups (broad SMARTS) is 1. The number of nitrogens with one attached hydrogen (secondary N) is 1. The Bertz CT molecular complexity index is 78.2. The summed E-state index contributed by atoms with van der Waals surface area (Å²) in [4.78, 5) is 9.62. The molecule has 5 heteroatoms. The SMILES string of the molecule is CNCCOC(=O)O.Cl. The molecule has 0 heterocycles. The van der Waals surface area contributed by atoms with Gasteiger partial charge in [-0.05, 0) is 7.05 Å². The molecule has 0 fully saturated rings. The Balaban J connectivity index is 0. The largest absolute Gasteiger partial charge is 0.505 e. The van der Waals surface area contributed by atoms with Crippen molar-refractivity contribution in [1.29, 1.82) is 0 Å². The van der Waals surface area contributed by atoms with E-state index in [0.29, 0.717) is 6.54 Å². The average molecular weight is 156 g/mol. The standard InChI is InChI=1S/C4H9NO3.ClH/c1-5-2-3-8-4(6)7;/h5H,2-3H2,1H3,(H,6,7);1H. The molecule has 0 bridgehead atoms. The van der Waals surface area contributed by atoms with Crippen molar-refractivity contribution in [3.8, 4) is 0 Å². The van der Waals surface area contributed by atoms with Crippen LogP contribution in [0.15, 0.2) is 0 Å². The molecule has 0 saturated heterocycles. The van der Waals surface area contributed by atoms with Gasteiger partial charge in [0.2, 0.25) is 0 Å². The minimum Gasteiger partial charge on any atom is -0.450 e. The molecule has 0 amide bonds. The number of ether oxygens (including phenoxy) is 1. The summed E-state index contributed by atoms with van der Waals surface area (Å²) >= 11 is 0. The first-order valence-electron chi connectivity index (χ1n) is 2.27. The van der Waals surface area contributed by atoms with Crippen LogP contribution in [0.5, 0.6) is 0 Å². The van der Waals surface area contributed by atoms with Gasteiger partial charge < -0.3 is 15.2 Å². The van der Waals surface area contributed by atoms with Gasteiger partial charge in [0.1, 0.15) is 6.61 Å². The van der Waals surface area contributed by atoms with E-state index in [1.54, 1.807) is 7.05 Å². The molecule has 0 spiro atoms. The minimum absolute atomic E-state index is 0. The second-order valence-electron chi connectivity index (χ2n) is 1.22. The lowest BCUT2D eigenvalue weighted by molar-refractivity contribution is 0.0929. The van der Waals surface area contributed by atoms with Gasteiger partial charge in [-0.25, -0.2) is 4.79 Å². The molecule has 0 rings (SSSR count). The first-order valence-corrected chi connectivity index (χ1v) is 2.27. The van der Waals surface area contributed by atoms with Gasteiger partial charge in [-0.15, -0.1) is 12.4 Å². The molecule has 56 valence electrons. The maximum atomic E-state index is 9.62. The van der Waals surface area contributed by atoms with Crippen LogP contribution < -0.4 is 5.32 Å². The van der Waals surface area contributed by atoms with Crippen LogP contribution in [0.2, 0.25) is 0 Å². The lowest BCUT2D eigenvalue weighted by atomic mass is 10.7. The van der Waals surface area contributed by atoms with Crippen molar-refractivity contribution < 1.29 is 14.6 Å². The molecule has 0 aliphatic heterocycles. The zero-order valence-corrected chi connectivity index (χ0v) is 5.90. The molecule has 0 aromatic heterocycles. The normalized spacial score (nSPS) is 7.67. The van der Waals surface area contributed by atoms with Crippen LogP contribution in [0.1, 0.15) is 0 Å². The van der Waals surface area contributed by atoms with Crippen LogP contribution in [0.4, 0.5) is 4.79 Å². The summed E-state index contributed by atoms with van der Waals surface area (Å²) in [6.07, 6.45) is -1.22. The first kappa shape index (κ1) is 11.3. The number of rotatable bonds is 3. The smallest absolute Gasteiger partial charge is 0.450 e. The topological polar surface area (TPSA) is 58.6 Å². The maximum absolute atomic E-state index is 9.62. The number of carbonyl (C=O) groups is 1. The molecule has 0 radical (unpaired) electrons. The van der Waals surface area contributed by atoms with Gasteiger partial charge in [0.25, 0.3) is 0 Å². The fourth-order valence-corrected chi connectivity index (χ4v) is 0.240. The van der Waals surface area contributed by atoms with E-state index < -0.39 is 6.16 Å². The summed E-state index contributed by atoms with van der Waals surface area (Å²) < 4.78 is 4.14. The van der Waals surface area contributed by atoms with Crippen molar-refractivity contribution in [1.82, 2.24) is 5.32 Å². The molecule has 0 unspecified atom stereocenters. The Labute approximate surface area is 59.6 Å². The Kier molecular flexibility index (Phi) is 9.47. The van der Waals surface area contributed by atoms with Crippen LogP contribution in [-0.4, -0.2) is 31.5 Å². The molecule has 0 aromatic rings. The van der Waals surface area contributed by atoms with Crippen molar-refractivity contribution >= 4 is 18.6 Å². The molecule has 0 atom stereocenters. The summed E-state index contributed by atoms with van der Waals surface area (Å²) in [5, 5.41) is 10.6. The van der Waals surface area contributed by atoms with Crippen molar-refractivity contribution in [2.75, 3.05) is 20.2 Å². The third-order valence-corrected chi connectivity index (χ3v) is 0.578. The molecule has 4 nitrogen and oxygen atoms in total. The Hall–Kier alpha value is -0.480. The highest BCUT2D eigenvalue weighted by Crippen LogP contribution is 1.71. The Morgan fingerprint density at radius 1 is 1.78 bits per heavy atom. The van der Waals surface area contributed by atoms with Gasteiger partial charge in [0.05, 0.1) is 0 Å². The second kappa shape index (κ2) is 7.52. The average Bonchev–Trinajstić information content (AvgIpc) is 1.66. The van der Waals surface area contributed by atoms with Crippen molar-refractivity contribution in [2.45, 2.75) is 0 Å². The van der Waals surface area contributed by atoms with E-state index in [1.807, 2.05) is 0 Å². The van der Waals surface area contributed by atoms with Gasteiger partial charge in [0, 0.05) is 6.54 Å². The first-order chi connectivity index (χ1) is 3.77. The predicted octanol–water partition coefficient (Wildman–Crippen LogP) is 0.322. The molecule has 0 aliphatic carbocycles. The number of hydrogen-bond acceptors (Lipinski definition) is 3. The van der Waals surface area contributed by atoms with E-state index >= 15 is 0 Å². The molecular weight excluding hydrogens is 146 g/mol. The van der Waals surface area contributed by atoms with E-state index in [9.17, 15) is 4.79 Å². The summed E-state index contributed by atoms with van der Waals surface area (Å²) in [6.45, 7) is 0.776. The molecular formula is C4H10ClNO3. The highest BCUT2D eigenvalue weighted by atomic mass is 35.5. The number of hydrogen-bond donors (Lipinski definition) is 2. The fourth-order valence-electron chi connectivity index (χ4n) is 0.240. The Morgan fingerprint density at radius 2 is 2.33 bits per heavy atom. The fraction of sp³-hybridized carbons (Fsp3) is 0.750. The molecule has 0 aliphatic rings. The maximum Gasteiger partial charge on any atom is 0.505 e. The van der Waals surface area contributed by atoms with Crippen molar-refractivity contribution in [2.24, 2.45) is 0 Å². The number of likely N-dealkylation sites (N-methyl/N-ethyl adjacent to an activating group) is 1. The van der Waals surface area contributed by atoms with Crippen LogP contribution in [-0.2, 0) is 4.74 Å². The van der Waals surface area contributed by atoms with E-state index in [4.69, 9.17) is 5.11 Å². The van der Waals surface area contributed by atoms with Gasteiger partial charge in [0.15, 0.2) is 0 Å². The summed E-state index contributed by atoms with van der Waals surface area (Å²) in [5.74, 6) is 0. The zero-order valence-electron chi connectivity index (χ0n) is 5.09. The van der Waals surface area contributed by atoms with Gasteiger partial charge in [-0.1, -0.05) is 0 Å². The summed E-state index contributed by atoms with van der Waals surface area (Å²) in [7, 11) is 1.73. The van der Waals surface area contributed by atoms with E-state index in [1.165, 1.54) is 0 Å².